The average Bonchev–Trinajstić information content (AvgIpc) is 2.56. The number of benzene rings is 2. The third kappa shape index (κ3) is 4.28. The molecule has 7 heteroatoms. The molecule has 0 saturated heterocycles. The first kappa shape index (κ1) is 17.4. The van der Waals surface area contributed by atoms with Gasteiger partial charge in [-0.05, 0) is 24.3 Å². The molecule has 0 amide bonds. The summed E-state index contributed by atoms with van der Waals surface area (Å²) in [5.41, 5.74) is 0.722. The average molecular weight is 339 g/mol. The van der Waals surface area contributed by atoms with E-state index < -0.39 is 21.9 Å². The van der Waals surface area contributed by atoms with E-state index in [1.54, 1.807) is 12.1 Å². The topological polar surface area (TPSA) is 64.6 Å². The molecular formula is C16H18FNO4S. The lowest BCUT2D eigenvalue weighted by atomic mass is 10.1. The summed E-state index contributed by atoms with van der Waals surface area (Å²) in [5.74, 6) is -0.00908. The summed E-state index contributed by atoms with van der Waals surface area (Å²) in [5, 5.41) is 0. The SMILES string of the molecule is COc1ccccc1[C@H](CNS(=O)(=O)c1cccc(F)c1)OC. The first-order chi connectivity index (χ1) is 11.0. The van der Waals surface area contributed by atoms with Crippen molar-refractivity contribution in [1.82, 2.24) is 4.72 Å². The second kappa shape index (κ2) is 7.54. The van der Waals surface area contributed by atoms with Gasteiger partial charge in [-0.15, -0.1) is 0 Å². The quantitative estimate of drug-likeness (QED) is 0.842. The van der Waals surface area contributed by atoms with E-state index in [9.17, 15) is 12.8 Å². The summed E-state index contributed by atoms with van der Waals surface area (Å²) in [6.07, 6.45) is -0.533. The predicted octanol–water partition coefficient (Wildman–Crippen LogP) is 2.50. The number of methoxy groups -OCH3 is 2. The number of sulfonamides is 1. The van der Waals surface area contributed by atoms with Gasteiger partial charge in [-0.1, -0.05) is 24.3 Å². The van der Waals surface area contributed by atoms with E-state index >= 15 is 0 Å². The first-order valence-electron chi connectivity index (χ1n) is 6.89. The molecule has 0 bridgehead atoms. The molecule has 0 spiro atoms. The van der Waals surface area contributed by atoms with Crippen molar-refractivity contribution in [1.29, 1.82) is 0 Å². The summed E-state index contributed by atoms with van der Waals surface area (Å²) in [6.45, 7) is -0.00425. The fourth-order valence-corrected chi connectivity index (χ4v) is 3.22. The number of hydrogen-bond donors (Lipinski definition) is 1. The Bertz CT molecular complexity index is 764. The van der Waals surface area contributed by atoms with Crippen LogP contribution in [0, 0.1) is 5.82 Å². The summed E-state index contributed by atoms with van der Waals surface area (Å²) >= 11 is 0. The highest BCUT2D eigenvalue weighted by atomic mass is 32.2. The zero-order chi connectivity index (χ0) is 16.9. The van der Waals surface area contributed by atoms with Crippen molar-refractivity contribution in [2.45, 2.75) is 11.0 Å². The van der Waals surface area contributed by atoms with Gasteiger partial charge in [0.25, 0.3) is 0 Å². The monoisotopic (exact) mass is 339 g/mol. The minimum atomic E-state index is -3.83. The Balaban J connectivity index is 2.17. The molecule has 1 N–H and O–H groups in total. The van der Waals surface area contributed by atoms with Crippen molar-refractivity contribution in [3.05, 3.63) is 59.9 Å². The van der Waals surface area contributed by atoms with E-state index in [4.69, 9.17) is 9.47 Å². The molecule has 0 fully saturated rings. The van der Waals surface area contributed by atoms with Crippen molar-refractivity contribution in [2.75, 3.05) is 20.8 Å². The Morgan fingerprint density at radius 3 is 2.52 bits per heavy atom. The molecule has 0 aliphatic heterocycles. The molecule has 0 unspecified atom stereocenters. The van der Waals surface area contributed by atoms with Gasteiger partial charge >= 0.3 is 0 Å². The van der Waals surface area contributed by atoms with E-state index in [0.29, 0.717) is 5.75 Å². The number of ether oxygens (including phenoxy) is 2. The first-order valence-corrected chi connectivity index (χ1v) is 8.37. The molecule has 1 atom stereocenters. The summed E-state index contributed by atoms with van der Waals surface area (Å²) in [6, 6.07) is 12.0. The number of rotatable bonds is 7. The predicted molar refractivity (Wildman–Crippen MR) is 84.3 cm³/mol. The zero-order valence-corrected chi connectivity index (χ0v) is 13.6. The third-order valence-corrected chi connectivity index (χ3v) is 4.76. The number of nitrogens with one attached hydrogen (secondary N) is 1. The normalized spacial score (nSPS) is 12.8. The minimum Gasteiger partial charge on any atom is -0.496 e. The van der Waals surface area contributed by atoms with Gasteiger partial charge in [0.05, 0.1) is 18.1 Å². The van der Waals surface area contributed by atoms with E-state index in [0.717, 1.165) is 11.6 Å². The maximum absolute atomic E-state index is 13.2. The maximum Gasteiger partial charge on any atom is 0.240 e. The van der Waals surface area contributed by atoms with Gasteiger partial charge in [-0.25, -0.2) is 17.5 Å². The maximum atomic E-state index is 13.2. The summed E-state index contributed by atoms with van der Waals surface area (Å²) in [4.78, 5) is -0.132. The fraction of sp³-hybridized carbons (Fsp3) is 0.250. The van der Waals surface area contributed by atoms with Gasteiger partial charge in [-0.3, -0.25) is 0 Å². The molecule has 2 aromatic carbocycles. The molecule has 124 valence electrons. The lowest BCUT2D eigenvalue weighted by molar-refractivity contribution is 0.105. The van der Waals surface area contributed by atoms with Gasteiger partial charge in [-0.2, -0.15) is 0 Å². The van der Waals surface area contributed by atoms with Crippen molar-refractivity contribution in [2.24, 2.45) is 0 Å². The Morgan fingerprint density at radius 1 is 1.13 bits per heavy atom. The summed E-state index contributed by atoms with van der Waals surface area (Å²) in [7, 11) is -0.816. The zero-order valence-electron chi connectivity index (χ0n) is 12.8. The van der Waals surface area contributed by atoms with Crippen LogP contribution in [0.2, 0.25) is 0 Å². The second-order valence-electron chi connectivity index (χ2n) is 4.78. The highest BCUT2D eigenvalue weighted by molar-refractivity contribution is 7.89. The second-order valence-corrected chi connectivity index (χ2v) is 6.54. The Labute approximate surface area is 135 Å². The van der Waals surface area contributed by atoms with Crippen molar-refractivity contribution in [3.63, 3.8) is 0 Å². The van der Waals surface area contributed by atoms with E-state index in [2.05, 4.69) is 4.72 Å². The Morgan fingerprint density at radius 2 is 1.87 bits per heavy atom. The van der Waals surface area contributed by atoms with Crippen LogP contribution in [0.1, 0.15) is 11.7 Å². The van der Waals surface area contributed by atoms with Crippen LogP contribution < -0.4 is 9.46 Å². The smallest absolute Gasteiger partial charge is 0.240 e. The van der Waals surface area contributed by atoms with Crippen LogP contribution >= 0.6 is 0 Å². The third-order valence-electron chi connectivity index (χ3n) is 3.34. The molecule has 23 heavy (non-hydrogen) atoms. The molecule has 0 aliphatic carbocycles. The molecule has 0 radical (unpaired) electrons. The van der Waals surface area contributed by atoms with Gasteiger partial charge in [0.2, 0.25) is 10.0 Å². The van der Waals surface area contributed by atoms with Crippen molar-refractivity contribution < 1.29 is 22.3 Å². The molecular weight excluding hydrogens is 321 g/mol. The standard InChI is InChI=1S/C16H18FNO4S/c1-21-15-9-4-3-8-14(15)16(22-2)11-18-23(19,20)13-7-5-6-12(17)10-13/h3-10,16,18H,11H2,1-2H3/t16-/m0/s1. The van der Waals surface area contributed by atoms with Gasteiger partial charge < -0.3 is 9.47 Å². The van der Waals surface area contributed by atoms with Crippen LogP contribution in [-0.4, -0.2) is 29.2 Å². The van der Waals surface area contributed by atoms with E-state index in [1.165, 1.54) is 32.4 Å². The lowest BCUT2D eigenvalue weighted by Gasteiger charge is -2.19. The molecule has 0 aromatic heterocycles. The van der Waals surface area contributed by atoms with Crippen LogP contribution in [0.5, 0.6) is 5.75 Å². The number of para-hydroxylation sites is 1. The van der Waals surface area contributed by atoms with E-state index in [-0.39, 0.29) is 11.4 Å². The number of hydrogen-bond acceptors (Lipinski definition) is 4. The Kier molecular flexibility index (Phi) is 5.70. The molecule has 0 saturated carbocycles. The van der Waals surface area contributed by atoms with Crippen LogP contribution in [0.15, 0.2) is 53.4 Å². The van der Waals surface area contributed by atoms with Crippen LogP contribution in [-0.2, 0) is 14.8 Å². The summed E-state index contributed by atoms with van der Waals surface area (Å²) < 4.78 is 50.7. The van der Waals surface area contributed by atoms with Gasteiger partial charge in [0, 0.05) is 19.2 Å². The van der Waals surface area contributed by atoms with Gasteiger partial charge in [0.15, 0.2) is 0 Å². The van der Waals surface area contributed by atoms with Crippen molar-refractivity contribution >= 4 is 10.0 Å². The highest BCUT2D eigenvalue weighted by Gasteiger charge is 2.20. The van der Waals surface area contributed by atoms with Crippen molar-refractivity contribution in [3.8, 4) is 5.75 Å². The molecule has 0 heterocycles. The van der Waals surface area contributed by atoms with Crippen LogP contribution in [0.25, 0.3) is 0 Å². The largest absolute Gasteiger partial charge is 0.496 e. The van der Waals surface area contributed by atoms with E-state index in [1.807, 2.05) is 12.1 Å². The fourth-order valence-electron chi connectivity index (χ4n) is 2.16. The number of halogens is 1. The van der Waals surface area contributed by atoms with Crippen LogP contribution in [0.3, 0.4) is 0 Å². The minimum absolute atomic E-state index is 0.00425. The molecule has 2 rings (SSSR count). The highest BCUT2D eigenvalue weighted by Crippen LogP contribution is 2.26. The van der Waals surface area contributed by atoms with Gasteiger partial charge in [0.1, 0.15) is 11.6 Å². The Hall–Kier alpha value is -1.96. The molecule has 5 nitrogen and oxygen atoms in total. The molecule has 2 aromatic rings. The molecule has 0 aliphatic rings. The van der Waals surface area contributed by atoms with Crippen LogP contribution in [0.4, 0.5) is 4.39 Å². The lowest BCUT2D eigenvalue weighted by Crippen LogP contribution is -2.29.